The molecule has 19 heavy (non-hydrogen) atoms. The fraction of sp³-hybridized carbons (Fsp3) is 0.143. The molecule has 0 fully saturated rings. The topological polar surface area (TPSA) is 46.5 Å². The van der Waals surface area contributed by atoms with Crippen LogP contribution in [0.3, 0.4) is 0 Å². The van der Waals surface area contributed by atoms with Gasteiger partial charge in [-0.25, -0.2) is 0 Å². The Labute approximate surface area is 117 Å². The van der Waals surface area contributed by atoms with E-state index < -0.39 is 7.60 Å². The molecule has 0 aliphatic carbocycles. The summed E-state index contributed by atoms with van der Waals surface area (Å²) in [7, 11) is -3.92. The Bertz CT molecular complexity index is 613. The molecule has 0 aliphatic rings. The zero-order chi connectivity index (χ0) is 13.9. The Kier molecular flexibility index (Phi) is 4.43. The number of benzene rings is 2. The number of hydrogen-bond donors (Lipinski definition) is 1. The molecule has 1 unspecified atom stereocenters. The summed E-state index contributed by atoms with van der Waals surface area (Å²) >= 11 is 6.09. The Hall–Kier alpha value is -1.12. The molecule has 2 aromatic carbocycles. The second-order valence-electron chi connectivity index (χ2n) is 3.94. The van der Waals surface area contributed by atoms with Crippen LogP contribution in [0.25, 0.3) is 11.1 Å². The van der Waals surface area contributed by atoms with Gasteiger partial charge in [0.1, 0.15) is 0 Å². The SMILES string of the molecule is CCOP(=O)(O)c1c(Cl)cccc1-c1ccccc1. The van der Waals surface area contributed by atoms with Gasteiger partial charge in [0.05, 0.1) is 16.9 Å². The molecule has 1 N–H and O–H groups in total. The number of hydrogen-bond acceptors (Lipinski definition) is 2. The first kappa shape index (κ1) is 14.3. The smallest absolute Gasteiger partial charge is 0.321 e. The van der Waals surface area contributed by atoms with Crippen molar-refractivity contribution in [2.75, 3.05) is 6.61 Å². The second-order valence-corrected chi connectivity index (χ2v) is 6.09. The summed E-state index contributed by atoms with van der Waals surface area (Å²) in [6.07, 6.45) is 0. The van der Waals surface area contributed by atoms with Crippen LogP contribution in [-0.4, -0.2) is 11.5 Å². The Morgan fingerprint density at radius 3 is 2.47 bits per heavy atom. The normalized spacial score (nSPS) is 14.1. The fourth-order valence-electron chi connectivity index (χ4n) is 1.89. The second kappa shape index (κ2) is 5.89. The highest BCUT2D eigenvalue weighted by molar-refractivity contribution is 7.61. The van der Waals surface area contributed by atoms with E-state index in [1.54, 1.807) is 25.1 Å². The maximum absolute atomic E-state index is 12.3. The molecule has 0 saturated carbocycles. The van der Waals surface area contributed by atoms with Gasteiger partial charge in [0, 0.05) is 0 Å². The first-order valence-corrected chi connectivity index (χ1v) is 7.83. The van der Waals surface area contributed by atoms with Crippen LogP contribution in [0.1, 0.15) is 6.92 Å². The number of rotatable bonds is 4. The van der Waals surface area contributed by atoms with Gasteiger partial charge >= 0.3 is 7.60 Å². The quantitative estimate of drug-likeness (QED) is 0.872. The largest absolute Gasteiger partial charge is 0.360 e. The molecule has 0 spiro atoms. The zero-order valence-corrected chi connectivity index (χ0v) is 12.1. The van der Waals surface area contributed by atoms with E-state index in [2.05, 4.69) is 0 Å². The van der Waals surface area contributed by atoms with E-state index in [0.717, 1.165) is 5.56 Å². The zero-order valence-electron chi connectivity index (χ0n) is 10.4. The molecule has 0 radical (unpaired) electrons. The summed E-state index contributed by atoms with van der Waals surface area (Å²) in [5.74, 6) is 0. The summed E-state index contributed by atoms with van der Waals surface area (Å²) in [4.78, 5) is 10.1. The molecule has 100 valence electrons. The molecule has 1 atom stereocenters. The van der Waals surface area contributed by atoms with Crippen LogP contribution >= 0.6 is 19.2 Å². The molecule has 5 heteroatoms. The molecular weight excluding hydrogens is 283 g/mol. The standard InChI is InChI=1S/C14H14ClO3P/c1-2-18-19(16,17)14-12(9-6-10-13(14)15)11-7-4-3-5-8-11/h3-10H,2H2,1H3,(H,16,17). The van der Waals surface area contributed by atoms with E-state index in [1.807, 2.05) is 30.3 Å². The third kappa shape index (κ3) is 3.07. The number of halogens is 1. The predicted molar refractivity (Wildman–Crippen MR) is 78.0 cm³/mol. The maximum atomic E-state index is 12.3. The van der Waals surface area contributed by atoms with Gasteiger partial charge in [-0.15, -0.1) is 0 Å². The van der Waals surface area contributed by atoms with Crippen molar-refractivity contribution in [1.29, 1.82) is 0 Å². The summed E-state index contributed by atoms with van der Waals surface area (Å²) < 4.78 is 17.3. The Morgan fingerprint density at radius 2 is 1.84 bits per heavy atom. The molecule has 0 aromatic heterocycles. The molecule has 2 rings (SSSR count). The molecule has 0 heterocycles. The molecular formula is C14H14ClO3P. The van der Waals surface area contributed by atoms with Crippen LogP contribution in [0.4, 0.5) is 0 Å². The van der Waals surface area contributed by atoms with E-state index in [1.165, 1.54) is 0 Å². The van der Waals surface area contributed by atoms with Crippen molar-refractivity contribution in [3.8, 4) is 11.1 Å². The Balaban J connectivity index is 2.64. The molecule has 3 nitrogen and oxygen atoms in total. The van der Waals surface area contributed by atoms with E-state index in [-0.39, 0.29) is 16.9 Å². The van der Waals surface area contributed by atoms with Crippen LogP contribution in [0, 0.1) is 0 Å². The molecule has 0 aliphatic heterocycles. The summed E-state index contributed by atoms with van der Waals surface area (Å²) in [5, 5.41) is 0.394. The van der Waals surface area contributed by atoms with E-state index in [4.69, 9.17) is 16.1 Å². The monoisotopic (exact) mass is 296 g/mol. The minimum atomic E-state index is -3.92. The lowest BCUT2D eigenvalue weighted by molar-refractivity contribution is 0.284. The first-order chi connectivity index (χ1) is 9.06. The van der Waals surface area contributed by atoms with Gasteiger partial charge in [-0.3, -0.25) is 4.57 Å². The van der Waals surface area contributed by atoms with Crippen molar-refractivity contribution in [2.45, 2.75) is 6.92 Å². The molecule has 0 bridgehead atoms. The molecule has 0 saturated heterocycles. The third-order valence-electron chi connectivity index (χ3n) is 2.66. The fourth-order valence-corrected chi connectivity index (χ4v) is 3.72. The maximum Gasteiger partial charge on any atom is 0.360 e. The third-order valence-corrected chi connectivity index (χ3v) is 4.76. The van der Waals surface area contributed by atoms with Crippen LogP contribution in [0.5, 0.6) is 0 Å². The van der Waals surface area contributed by atoms with Gasteiger partial charge < -0.3 is 9.42 Å². The van der Waals surface area contributed by atoms with E-state index >= 15 is 0 Å². The summed E-state index contributed by atoms with van der Waals surface area (Å²) in [6, 6.07) is 14.4. The summed E-state index contributed by atoms with van der Waals surface area (Å²) in [6.45, 7) is 1.81. The van der Waals surface area contributed by atoms with Gasteiger partial charge in [0.25, 0.3) is 0 Å². The van der Waals surface area contributed by atoms with Gasteiger partial charge in [-0.05, 0) is 24.1 Å². The van der Waals surface area contributed by atoms with Crippen LogP contribution in [-0.2, 0) is 9.09 Å². The van der Waals surface area contributed by atoms with Gasteiger partial charge in [0.15, 0.2) is 0 Å². The van der Waals surface area contributed by atoms with Gasteiger partial charge in [0.2, 0.25) is 0 Å². The predicted octanol–water partition coefficient (Wildman–Crippen LogP) is 3.85. The summed E-state index contributed by atoms with van der Waals surface area (Å²) in [5.41, 5.74) is 1.45. The van der Waals surface area contributed by atoms with Crippen molar-refractivity contribution in [3.63, 3.8) is 0 Å². The van der Waals surface area contributed by atoms with Gasteiger partial charge in [-0.2, -0.15) is 0 Å². The highest BCUT2D eigenvalue weighted by Gasteiger charge is 2.28. The van der Waals surface area contributed by atoms with Gasteiger partial charge in [-0.1, -0.05) is 54.1 Å². The minimum absolute atomic E-state index is 0.146. The average Bonchev–Trinajstić information content (AvgIpc) is 2.39. The lowest BCUT2D eigenvalue weighted by Crippen LogP contribution is -2.12. The lowest BCUT2D eigenvalue weighted by Gasteiger charge is -2.16. The van der Waals surface area contributed by atoms with Crippen molar-refractivity contribution in [1.82, 2.24) is 0 Å². The van der Waals surface area contributed by atoms with E-state index in [0.29, 0.717) is 5.56 Å². The highest BCUT2D eigenvalue weighted by atomic mass is 35.5. The van der Waals surface area contributed by atoms with Crippen molar-refractivity contribution in [2.24, 2.45) is 0 Å². The van der Waals surface area contributed by atoms with Crippen LogP contribution < -0.4 is 5.30 Å². The van der Waals surface area contributed by atoms with Crippen molar-refractivity contribution in [3.05, 3.63) is 53.6 Å². The molecule has 0 amide bonds. The van der Waals surface area contributed by atoms with Crippen molar-refractivity contribution >= 4 is 24.5 Å². The minimum Gasteiger partial charge on any atom is -0.321 e. The lowest BCUT2D eigenvalue weighted by atomic mass is 10.1. The van der Waals surface area contributed by atoms with Crippen molar-refractivity contribution < 1.29 is 14.0 Å². The molecule has 2 aromatic rings. The van der Waals surface area contributed by atoms with Crippen LogP contribution in [0.15, 0.2) is 48.5 Å². The van der Waals surface area contributed by atoms with E-state index in [9.17, 15) is 9.46 Å². The average molecular weight is 297 g/mol. The first-order valence-electron chi connectivity index (χ1n) is 5.88. The van der Waals surface area contributed by atoms with Crippen LogP contribution in [0.2, 0.25) is 5.02 Å². The highest BCUT2D eigenvalue weighted by Crippen LogP contribution is 2.45. The Morgan fingerprint density at radius 1 is 1.16 bits per heavy atom.